The molecule has 0 atom stereocenters. The predicted molar refractivity (Wildman–Crippen MR) is 183 cm³/mol. The Hall–Kier alpha value is -4.85. The molecule has 0 fully saturated rings. The molecule has 6 aromatic heterocycles. The number of rotatable bonds is 4. The van der Waals surface area contributed by atoms with E-state index in [4.69, 9.17) is 12.2 Å². The Kier molecular flexibility index (Phi) is 12.4. The minimum Gasteiger partial charge on any atom is -0.349 e. The summed E-state index contributed by atoms with van der Waals surface area (Å²) in [5.74, 6) is 0.307. The third-order valence-corrected chi connectivity index (χ3v) is 7.00. The van der Waals surface area contributed by atoms with Crippen molar-refractivity contribution >= 4 is 44.7 Å². The molecule has 222 valence electrons. The monoisotopic (exact) mass is 695 g/mol. The molecular weight excluding hydrogens is 664 g/mol. The number of fused-ring (bicyclic) bond motifs is 3. The van der Waals surface area contributed by atoms with Crippen molar-refractivity contribution in [2.45, 2.75) is 13.8 Å². The molecule has 45 heavy (non-hydrogen) atoms. The van der Waals surface area contributed by atoms with Crippen molar-refractivity contribution < 1.29 is 19.5 Å². The standard InChI is InChI=1S/C16H15N3S.2C10H8N2.Ru/c1-10(2)16(20)19-13-9-11-5-3-7-17-14(11)15-12(13)6-4-8-18-15;2*1-3-7-11-9(5-1)10-6-2-4-8-12-10;/h3-10H,1-2H3,(H,19,20);2*1-8H;/q;;;+2. The van der Waals surface area contributed by atoms with Crippen molar-refractivity contribution in [1.82, 2.24) is 29.9 Å². The molecule has 0 radical (unpaired) electrons. The van der Waals surface area contributed by atoms with E-state index in [1.165, 1.54) is 0 Å². The van der Waals surface area contributed by atoms with Crippen LogP contribution in [0.1, 0.15) is 13.8 Å². The molecule has 7 nitrogen and oxygen atoms in total. The maximum Gasteiger partial charge on any atom is 2.00 e. The van der Waals surface area contributed by atoms with E-state index in [9.17, 15) is 0 Å². The first-order valence-electron chi connectivity index (χ1n) is 14.2. The second kappa shape index (κ2) is 16.9. The van der Waals surface area contributed by atoms with E-state index in [1.807, 2.05) is 97.1 Å². The molecule has 1 N–H and O–H groups in total. The molecule has 0 aliphatic heterocycles. The van der Waals surface area contributed by atoms with Crippen LogP contribution in [0.25, 0.3) is 44.6 Å². The van der Waals surface area contributed by atoms with Gasteiger partial charge in [0.1, 0.15) is 0 Å². The Morgan fingerprint density at radius 3 is 1.38 bits per heavy atom. The number of hydrogen-bond acceptors (Lipinski definition) is 7. The Balaban J connectivity index is 0.000000160. The molecule has 7 aromatic rings. The van der Waals surface area contributed by atoms with Gasteiger partial charge in [-0.3, -0.25) is 29.9 Å². The number of nitrogens with zero attached hydrogens (tertiary/aromatic N) is 6. The van der Waals surface area contributed by atoms with Gasteiger partial charge in [0.05, 0.1) is 38.8 Å². The van der Waals surface area contributed by atoms with Crippen LogP contribution in [-0.2, 0) is 19.5 Å². The fraction of sp³-hybridized carbons (Fsp3) is 0.0833. The first-order valence-corrected chi connectivity index (χ1v) is 14.6. The molecule has 7 rings (SSSR count). The van der Waals surface area contributed by atoms with Crippen molar-refractivity contribution in [3.8, 4) is 22.8 Å². The van der Waals surface area contributed by atoms with Crippen LogP contribution in [0.4, 0.5) is 5.69 Å². The maximum absolute atomic E-state index is 5.40. The SMILES string of the molecule is CC(C)C(=S)Nc1cc2cccnc2c2ncccc12.[Ru+2].c1ccc(-c2ccccn2)nc1.c1ccc(-c2ccccn2)nc1. The van der Waals surface area contributed by atoms with Crippen molar-refractivity contribution in [3.63, 3.8) is 0 Å². The Labute approximate surface area is 281 Å². The summed E-state index contributed by atoms with van der Waals surface area (Å²) in [5, 5.41) is 5.45. The van der Waals surface area contributed by atoms with Crippen LogP contribution < -0.4 is 5.32 Å². The molecule has 0 amide bonds. The number of benzene rings is 1. The fourth-order valence-corrected chi connectivity index (χ4v) is 4.32. The first-order chi connectivity index (χ1) is 21.6. The van der Waals surface area contributed by atoms with Crippen molar-refractivity contribution in [1.29, 1.82) is 0 Å². The average molecular weight is 695 g/mol. The summed E-state index contributed by atoms with van der Waals surface area (Å²) >= 11 is 5.40. The number of aromatic nitrogens is 6. The quantitative estimate of drug-likeness (QED) is 0.112. The van der Waals surface area contributed by atoms with Gasteiger partial charge in [0, 0.05) is 59.6 Å². The number of thiocarbonyl (C=S) groups is 1. The van der Waals surface area contributed by atoms with E-state index in [-0.39, 0.29) is 19.5 Å². The number of hydrogen-bond donors (Lipinski definition) is 1. The zero-order valence-electron chi connectivity index (χ0n) is 24.8. The van der Waals surface area contributed by atoms with Gasteiger partial charge >= 0.3 is 19.5 Å². The van der Waals surface area contributed by atoms with Crippen LogP contribution in [0.15, 0.2) is 140 Å². The van der Waals surface area contributed by atoms with Gasteiger partial charge in [-0.15, -0.1) is 0 Å². The molecule has 0 spiro atoms. The fourth-order valence-electron chi connectivity index (χ4n) is 4.21. The maximum atomic E-state index is 5.40. The van der Waals surface area contributed by atoms with E-state index in [0.29, 0.717) is 5.92 Å². The van der Waals surface area contributed by atoms with Crippen LogP contribution in [0.2, 0.25) is 0 Å². The van der Waals surface area contributed by atoms with E-state index in [1.54, 1.807) is 37.2 Å². The minimum absolute atomic E-state index is 0. The molecule has 0 bridgehead atoms. The van der Waals surface area contributed by atoms with E-state index in [0.717, 1.165) is 55.3 Å². The van der Waals surface area contributed by atoms with Crippen LogP contribution in [0.3, 0.4) is 0 Å². The zero-order valence-corrected chi connectivity index (χ0v) is 27.4. The Morgan fingerprint density at radius 1 is 0.533 bits per heavy atom. The van der Waals surface area contributed by atoms with Crippen LogP contribution >= 0.6 is 12.2 Å². The number of pyridine rings is 6. The largest absolute Gasteiger partial charge is 2.00 e. The van der Waals surface area contributed by atoms with Gasteiger partial charge in [-0.2, -0.15) is 0 Å². The summed E-state index contributed by atoms with van der Waals surface area (Å²) in [6.45, 7) is 4.16. The van der Waals surface area contributed by atoms with Gasteiger partial charge in [-0.25, -0.2) is 0 Å². The third kappa shape index (κ3) is 9.08. The van der Waals surface area contributed by atoms with E-state index in [2.05, 4.69) is 55.1 Å². The normalized spacial score (nSPS) is 10.1. The topological polar surface area (TPSA) is 89.4 Å². The summed E-state index contributed by atoms with van der Waals surface area (Å²) in [6.07, 6.45) is 10.7. The van der Waals surface area contributed by atoms with Gasteiger partial charge in [0.25, 0.3) is 0 Å². The summed E-state index contributed by atoms with van der Waals surface area (Å²) in [5.41, 5.74) is 6.48. The molecule has 1 aromatic carbocycles. The predicted octanol–water partition coefficient (Wildman–Crippen LogP) is 8.46. The minimum atomic E-state index is 0. The second-order valence-corrected chi connectivity index (χ2v) is 10.3. The van der Waals surface area contributed by atoms with Gasteiger partial charge in [0.15, 0.2) is 0 Å². The summed E-state index contributed by atoms with van der Waals surface area (Å²) in [6, 6.07) is 33.2. The molecule has 0 saturated heterocycles. The van der Waals surface area contributed by atoms with Gasteiger partial charge in [-0.1, -0.05) is 56.4 Å². The molecule has 0 unspecified atom stereocenters. The van der Waals surface area contributed by atoms with Crippen molar-refractivity contribution in [2.24, 2.45) is 5.92 Å². The average Bonchev–Trinajstić information content (AvgIpc) is 3.10. The number of anilines is 1. The summed E-state index contributed by atoms with van der Waals surface area (Å²) in [7, 11) is 0. The van der Waals surface area contributed by atoms with Crippen LogP contribution in [-0.4, -0.2) is 34.9 Å². The van der Waals surface area contributed by atoms with E-state index >= 15 is 0 Å². The van der Waals surface area contributed by atoms with Crippen LogP contribution in [0, 0.1) is 5.92 Å². The molecule has 6 heterocycles. The van der Waals surface area contributed by atoms with Crippen LogP contribution in [0.5, 0.6) is 0 Å². The summed E-state index contributed by atoms with van der Waals surface area (Å²) in [4.78, 5) is 26.5. The third-order valence-electron chi connectivity index (χ3n) is 6.43. The zero-order chi connectivity index (χ0) is 30.6. The molecule has 0 aliphatic rings. The smallest absolute Gasteiger partial charge is 0.349 e. The first kappa shape index (κ1) is 33.1. The molecule has 0 saturated carbocycles. The van der Waals surface area contributed by atoms with Crippen molar-refractivity contribution in [3.05, 3.63) is 140 Å². The Bertz CT molecular complexity index is 1780. The summed E-state index contributed by atoms with van der Waals surface area (Å²) < 4.78 is 0. The Morgan fingerprint density at radius 2 is 0.956 bits per heavy atom. The van der Waals surface area contributed by atoms with Gasteiger partial charge < -0.3 is 5.32 Å². The molecular formula is C36H31N7RuS+2. The molecule has 9 heteroatoms. The van der Waals surface area contributed by atoms with E-state index < -0.39 is 0 Å². The van der Waals surface area contributed by atoms with Crippen molar-refractivity contribution in [2.75, 3.05) is 5.32 Å². The second-order valence-electron chi connectivity index (χ2n) is 9.90. The molecule has 0 aliphatic carbocycles. The van der Waals surface area contributed by atoms with Gasteiger partial charge in [0.2, 0.25) is 0 Å². The van der Waals surface area contributed by atoms with Gasteiger partial charge in [-0.05, 0) is 72.8 Å². The number of nitrogens with one attached hydrogen (secondary N) is 1.